The van der Waals surface area contributed by atoms with Gasteiger partial charge in [0.2, 0.25) is 5.71 Å². The van der Waals surface area contributed by atoms with Gasteiger partial charge in [0.1, 0.15) is 12.1 Å². The number of hydrogen-bond acceptors (Lipinski definition) is 5. The summed E-state index contributed by atoms with van der Waals surface area (Å²) in [6, 6.07) is 10.3. The van der Waals surface area contributed by atoms with Crippen molar-refractivity contribution in [2.75, 3.05) is 18.5 Å². The number of carbonyl (C=O) groups excluding carboxylic acids is 1. The van der Waals surface area contributed by atoms with Gasteiger partial charge in [-0.2, -0.15) is 15.6 Å². The lowest BCUT2D eigenvalue weighted by Crippen LogP contribution is -2.32. The fourth-order valence-corrected chi connectivity index (χ4v) is 2.40. The number of anilines is 1. The molecule has 1 aromatic carbocycles. The van der Waals surface area contributed by atoms with Crippen molar-refractivity contribution in [1.82, 2.24) is 4.90 Å². The minimum Gasteiger partial charge on any atom is -0.339 e. The number of rotatable bonds is 3. The van der Waals surface area contributed by atoms with Crippen molar-refractivity contribution in [2.45, 2.75) is 25.7 Å². The van der Waals surface area contributed by atoms with Crippen molar-refractivity contribution < 1.29 is 4.79 Å². The standard InChI is InChI=1S/C16H17N5O/c17-11-13(12-18)19-20-15-8-4-3-7-14(15)16(22)21-9-5-1-2-6-10-21/h3-4,7-8,20H,1-2,5-6,9-10H2. The van der Waals surface area contributed by atoms with E-state index < -0.39 is 0 Å². The van der Waals surface area contributed by atoms with Crippen molar-refractivity contribution in [2.24, 2.45) is 5.10 Å². The molecule has 2 rings (SSSR count). The van der Waals surface area contributed by atoms with Crippen LogP contribution < -0.4 is 5.43 Å². The van der Waals surface area contributed by atoms with Crippen LogP contribution in [0.2, 0.25) is 0 Å². The molecule has 1 aromatic rings. The summed E-state index contributed by atoms with van der Waals surface area (Å²) >= 11 is 0. The molecule has 22 heavy (non-hydrogen) atoms. The molecule has 0 saturated carbocycles. The molecule has 0 atom stereocenters. The number of amides is 1. The summed E-state index contributed by atoms with van der Waals surface area (Å²) in [7, 11) is 0. The number of hydrogen-bond donors (Lipinski definition) is 1. The first-order chi connectivity index (χ1) is 10.8. The highest BCUT2D eigenvalue weighted by molar-refractivity contribution is 6.10. The zero-order valence-corrected chi connectivity index (χ0v) is 12.2. The fraction of sp³-hybridized carbons (Fsp3) is 0.375. The highest BCUT2D eigenvalue weighted by Gasteiger charge is 2.19. The van der Waals surface area contributed by atoms with Crippen molar-refractivity contribution in [1.29, 1.82) is 10.5 Å². The zero-order chi connectivity index (χ0) is 15.8. The van der Waals surface area contributed by atoms with Gasteiger partial charge >= 0.3 is 0 Å². The van der Waals surface area contributed by atoms with Crippen LogP contribution in [-0.4, -0.2) is 29.6 Å². The van der Waals surface area contributed by atoms with E-state index in [1.165, 1.54) is 0 Å². The van der Waals surface area contributed by atoms with E-state index in [9.17, 15) is 4.79 Å². The minimum absolute atomic E-state index is 0.0457. The van der Waals surface area contributed by atoms with Crippen molar-refractivity contribution in [3.8, 4) is 12.1 Å². The van der Waals surface area contributed by atoms with E-state index in [1.807, 2.05) is 4.90 Å². The van der Waals surface area contributed by atoms with Crippen LogP contribution in [0.3, 0.4) is 0 Å². The number of nitrogens with zero attached hydrogens (tertiary/aromatic N) is 4. The SMILES string of the molecule is N#CC(C#N)=NNc1ccccc1C(=O)N1CCCCCC1. The van der Waals surface area contributed by atoms with Gasteiger partial charge in [-0.25, -0.2) is 0 Å². The average molecular weight is 295 g/mol. The third-order valence-corrected chi connectivity index (χ3v) is 3.55. The lowest BCUT2D eigenvalue weighted by atomic mass is 10.1. The molecule has 1 saturated heterocycles. The quantitative estimate of drug-likeness (QED) is 0.685. The first-order valence-corrected chi connectivity index (χ1v) is 7.28. The van der Waals surface area contributed by atoms with E-state index in [0.29, 0.717) is 11.3 Å². The smallest absolute Gasteiger partial charge is 0.256 e. The summed E-state index contributed by atoms with van der Waals surface area (Å²) in [6.07, 6.45) is 4.35. The number of carbonyl (C=O) groups is 1. The average Bonchev–Trinajstić information content (AvgIpc) is 2.85. The van der Waals surface area contributed by atoms with E-state index in [0.717, 1.165) is 38.8 Å². The van der Waals surface area contributed by atoms with E-state index in [4.69, 9.17) is 10.5 Å². The topological polar surface area (TPSA) is 92.3 Å². The maximum Gasteiger partial charge on any atom is 0.256 e. The minimum atomic E-state index is -0.281. The summed E-state index contributed by atoms with van der Waals surface area (Å²) in [6.45, 7) is 1.52. The van der Waals surface area contributed by atoms with E-state index >= 15 is 0 Å². The van der Waals surface area contributed by atoms with E-state index in [-0.39, 0.29) is 11.6 Å². The number of benzene rings is 1. The maximum absolute atomic E-state index is 12.7. The second-order valence-corrected chi connectivity index (χ2v) is 5.05. The molecule has 1 fully saturated rings. The van der Waals surface area contributed by atoms with Gasteiger partial charge in [-0.1, -0.05) is 25.0 Å². The molecule has 0 aromatic heterocycles. The molecule has 1 heterocycles. The monoisotopic (exact) mass is 295 g/mol. The molecule has 0 bridgehead atoms. The van der Waals surface area contributed by atoms with Crippen LogP contribution in [0.4, 0.5) is 5.69 Å². The molecular formula is C16H17N5O. The summed E-state index contributed by atoms with van der Waals surface area (Å²) < 4.78 is 0. The lowest BCUT2D eigenvalue weighted by Gasteiger charge is -2.21. The third-order valence-electron chi connectivity index (χ3n) is 3.55. The summed E-state index contributed by atoms with van der Waals surface area (Å²) in [5.74, 6) is -0.0457. The Morgan fingerprint density at radius 2 is 1.73 bits per heavy atom. The zero-order valence-electron chi connectivity index (χ0n) is 12.2. The Hall–Kier alpha value is -2.86. The van der Waals surface area contributed by atoms with Crippen molar-refractivity contribution in [3.05, 3.63) is 29.8 Å². The second kappa shape index (κ2) is 7.80. The highest BCUT2D eigenvalue weighted by Crippen LogP contribution is 2.19. The maximum atomic E-state index is 12.7. The van der Waals surface area contributed by atoms with Gasteiger partial charge in [-0.15, -0.1) is 0 Å². The molecule has 1 amide bonds. The number of likely N-dealkylation sites (tertiary alicyclic amines) is 1. The molecule has 6 heteroatoms. The van der Waals surface area contributed by atoms with Crippen LogP contribution in [0.5, 0.6) is 0 Å². The summed E-state index contributed by atoms with van der Waals surface area (Å²) in [5, 5.41) is 21.1. The second-order valence-electron chi connectivity index (χ2n) is 5.05. The largest absolute Gasteiger partial charge is 0.339 e. The molecular weight excluding hydrogens is 278 g/mol. The Morgan fingerprint density at radius 1 is 1.09 bits per heavy atom. The number of nitrogens with one attached hydrogen (secondary N) is 1. The molecule has 0 aliphatic carbocycles. The Labute approximate surface area is 129 Å². The fourth-order valence-electron chi connectivity index (χ4n) is 2.40. The first kappa shape index (κ1) is 15.5. The van der Waals surface area contributed by atoms with Gasteiger partial charge in [0.15, 0.2) is 0 Å². The summed E-state index contributed by atoms with van der Waals surface area (Å²) in [4.78, 5) is 14.5. The Bertz CT molecular complexity index is 629. The van der Waals surface area contributed by atoms with Crippen LogP contribution in [0.25, 0.3) is 0 Å². The van der Waals surface area contributed by atoms with Gasteiger partial charge < -0.3 is 4.90 Å². The van der Waals surface area contributed by atoms with Crippen LogP contribution in [0.1, 0.15) is 36.0 Å². The van der Waals surface area contributed by atoms with E-state index in [2.05, 4.69) is 10.5 Å². The molecule has 0 radical (unpaired) electrons. The molecule has 1 aliphatic heterocycles. The predicted octanol–water partition coefficient (Wildman–Crippen LogP) is 2.52. The molecule has 112 valence electrons. The number of hydrazone groups is 1. The number of para-hydroxylation sites is 1. The third kappa shape index (κ3) is 3.83. The summed E-state index contributed by atoms with van der Waals surface area (Å²) in [5.41, 5.74) is 3.37. The highest BCUT2D eigenvalue weighted by atomic mass is 16.2. The van der Waals surface area contributed by atoms with Crippen LogP contribution in [0, 0.1) is 22.7 Å². The van der Waals surface area contributed by atoms with Crippen molar-refractivity contribution >= 4 is 17.3 Å². The molecule has 6 nitrogen and oxygen atoms in total. The first-order valence-electron chi connectivity index (χ1n) is 7.28. The van der Waals surface area contributed by atoms with Gasteiger partial charge in [-0.3, -0.25) is 10.2 Å². The Kier molecular flexibility index (Phi) is 5.50. The predicted molar refractivity (Wildman–Crippen MR) is 83.1 cm³/mol. The Morgan fingerprint density at radius 3 is 2.36 bits per heavy atom. The Balaban J connectivity index is 2.20. The van der Waals surface area contributed by atoms with Crippen LogP contribution in [0.15, 0.2) is 29.4 Å². The van der Waals surface area contributed by atoms with Crippen LogP contribution in [-0.2, 0) is 0 Å². The molecule has 1 N–H and O–H groups in total. The van der Waals surface area contributed by atoms with Gasteiger partial charge in [0.05, 0.1) is 11.3 Å². The molecule has 0 spiro atoms. The normalized spacial score (nSPS) is 14.2. The lowest BCUT2D eigenvalue weighted by molar-refractivity contribution is 0.0762. The van der Waals surface area contributed by atoms with Gasteiger partial charge in [-0.05, 0) is 25.0 Å². The van der Waals surface area contributed by atoms with Crippen LogP contribution >= 0.6 is 0 Å². The van der Waals surface area contributed by atoms with Gasteiger partial charge in [0, 0.05) is 13.1 Å². The van der Waals surface area contributed by atoms with E-state index in [1.54, 1.807) is 36.4 Å². The molecule has 0 unspecified atom stereocenters. The number of nitriles is 2. The van der Waals surface area contributed by atoms with Gasteiger partial charge in [0.25, 0.3) is 5.91 Å². The molecule has 1 aliphatic rings. The van der Waals surface area contributed by atoms with Crippen molar-refractivity contribution in [3.63, 3.8) is 0 Å².